The van der Waals surface area contributed by atoms with Crippen LogP contribution in [0.5, 0.6) is 0 Å². The number of nitriles is 1. The monoisotopic (exact) mass is 245 g/mol. The summed E-state index contributed by atoms with van der Waals surface area (Å²) in [7, 11) is 0. The molecule has 0 aliphatic carbocycles. The molecule has 0 spiro atoms. The van der Waals surface area contributed by atoms with Crippen LogP contribution in [-0.4, -0.2) is 17.9 Å². The molecular weight excluding hydrogens is 230 g/mol. The maximum atomic E-state index is 11.3. The first-order valence-electron chi connectivity index (χ1n) is 5.43. The lowest BCUT2D eigenvalue weighted by molar-refractivity contribution is 0.0529. The molecule has 0 aliphatic heterocycles. The number of hydrazone groups is 1. The Bertz CT molecular complexity index is 496. The van der Waals surface area contributed by atoms with E-state index in [0.717, 1.165) is 5.56 Å². The summed E-state index contributed by atoms with van der Waals surface area (Å²) in [4.78, 5) is 11.3. The summed E-state index contributed by atoms with van der Waals surface area (Å²) in [6.45, 7) is 5.31. The van der Waals surface area contributed by atoms with Gasteiger partial charge in [-0.1, -0.05) is 12.1 Å². The lowest BCUT2D eigenvalue weighted by Crippen LogP contribution is -2.29. The van der Waals surface area contributed by atoms with Gasteiger partial charge in [-0.15, -0.1) is 0 Å². The number of nitrogens with one attached hydrogen (secondary N) is 1. The molecule has 1 N–H and O–H groups in total. The van der Waals surface area contributed by atoms with Gasteiger partial charge < -0.3 is 4.74 Å². The number of nitrogens with zero attached hydrogens (tertiary/aromatic N) is 2. The third-order valence-corrected chi connectivity index (χ3v) is 1.78. The largest absolute Gasteiger partial charge is 0.443 e. The fraction of sp³-hybridized carbons (Fsp3) is 0.308. The average Bonchev–Trinajstić information content (AvgIpc) is 2.27. The molecule has 0 aliphatic rings. The van der Waals surface area contributed by atoms with Gasteiger partial charge in [0.1, 0.15) is 5.60 Å². The molecule has 94 valence electrons. The van der Waals surface area contributed by atoms with E-state index < -0.39 is 11.7 Å². The van der Waals surface area contributed by atoms with E-state index >= 15 is 0 Å². The molecule has 5 nitrogen and oxygen atoms in total. The van der Waals surface area contributed by atoms with Crippen LogP contribution in [0, 0.1) is 11.3 Å². The number of amides is 1. The topological polar surface area (TPSA) is 74.5 Å². The zero-order chi connectivity index (χ0) is 13.6. The standard InChI is InChI=1S/C13H15N3O2/c1-13(2,3)18-12(17)16-15-9-11-6-4-5-10(7-11)8-14/h4-7,9H,1-3H3,(H,16,17)/b15-9-. The van der Waals surface area contributed by atoms with Crippen molar-refractivity contribution < 1.29 is 9.53 Å². The quantitative estimate of drug-likeness (QED) is 0.642. The van der Waals surface area contributed by atoms with Gasteiger partial charge in [-0.25, -0.2) is 10.2 Å². The normalized spacial score (nSPS) is 11.0. The third-order valence-electron chi connectivity index (χ3n) is 1.78. The van der Waals surface area contributed by atoms with Gasteiger partial charge in [0.05, 0.1) is 17.8 Å². The zero-order valence-electron chi connectivity index (χ0n) is 10.6. The van der Waals surface area contributed by atoms with Gasteiger partial charge in [0.2, 0.25) is 0 Å². The number of hydrogen-bond donors (Lipinski definition) is 1. The molecule has 5 heteroatoms. The maximum Gasteiger partial charge on any atom is 0.428 e. The van der Waals surface area contributed by atoms with Crippen molar-refractivity contribution in [3.05, 3.63) is 35.4 Å². The number of rotatable bonds is 2. The number of carbonyl (C=O) groups is 1. The molecular formula is C13H15N3O2. The summed E-state index contributed by atoms with van der Waals surface area (Å²) < 4.78 is 5.00. The minimum Gasteiger partial charge on any atom is -0.443 e. The highest BCUT2D eigenvalue weighted by Crippen LogP contribution is 2.06. The molecule has 18 heavy (non-hydrogen) atoms. The Hall–Kier alpha value is -2.35. The van der Waals surface area contributed by atoms with Crippen molar-refractivity contribution in [2.45, 2.75) is 26.4 Å². The summed E-state index contributed by atoms with van der Waals surface area (Å²) in [5.74, 6) is 0. The number of hydrogen-bond acceptors (Lipinski definition) is 4. The van der Waals surface area contributed by atoms with Crippen LogP contribution in [0.25, 0.3) is 0 Å². The SMILES string of the molecule is CC(C)(C)OC(=O)N/N=C\c1cccc(C#N)c1. The minimum absolute atomic E-state index is 0.538. The van der Waals surface area contributed by atoms with Gasteiger partial charge in [-0.05, 0) is 38.5 Å². The molecule has 0 fully saturated rings. The molecule has 0 heterocycles. The second-order valence-electron chi connectivity index (χ2n) is 4.61. The third kappa shape index (κ3) is 5.12. The van der Waals surface area contributed by atoms with Crippen LogP contribution in [0.4, 0.5) is 4.79 Å². The highest BCUT2D eigenvalue weighted by molar-refractivity contribution is 5.81. The van der Waals surface area contributed by atoms with E-state index in [4.69, 9.17) is 10.00 Å². The van der Waals surface area contributed by atoms with Crippen LogP contribution in [0.2, 0.25) is 0 Å². The van der Waals surface area contributed by atoms with E-state index in [1.807, 2.05) is 6.07 Å². The summed E-state index contributed by atoms with van der Waals surface area (Å²) in [5.41, 5.74) is 2.96. The van der Waals surface area contributed by atoms with Gasteiger partial charge in [0.15, 0.2) is 0 Å². The van der Waals surface area contributed by atoms with E-state index in [-0.39, 0.29) is 0 Å². The summed E-state index contributed by atoms with van der Waals surface area (Å²) in [6.07, 6.45) is 0.834. The van der Waals surface area contributed by atoms with Crippen LogP contribution < -0.4 is 5.43 Å². The molecule has 1 rings (SSSR count). The number of ether oxygens (including phenoxy) is 1. The number of benzene rings is 1. The van der Waals surface area contributed by atoms with Crippen LogP contribution in [0.1, 0.15) is 31.9 Å². The Balaban J connectivity index is 2.55. The van der Waals surface area contributed by atoms with E-state index in [1.165, 1.54) is 6.21 Å². The lowest BCUT2D eigenvalue weighted by Gasteiger charge is -2.18. The van der Waals surface area contributed by atoms with Crippen LogP contribution >= 0.6 is 0 Å². The Labute approximate surface area is 106 Å². The van der Waals surface area contributed by atoms with E-state index in [2.05, 4.69) is 10.5 Å². The minimum atomic E-state index is -0.616. The van der Waals surface area contributed by atoms with Crippen molar-refractivity contribution in [1.82, 2.24) is 5.43 Å². The van der Waals surface area contributed by atoms with Crippen molar-refractivity contribution in [3.63, 3.8) is 0 Å². The first-order chi connectivity index (χ1) is 8.40. The molecule has 1 aromatic carbocycles. The Morgan fingerprint density at radius 2 is 2.22 bits per heavy atom. The Morgan fingerprint density at radius 3 is 2.83 bits per heavy atom. The molecule has 0 bridgehead atoms. The summed E-state index contributed by atoms with van der Waals surface area (Å²) in [5, 5.41) is 12.5. The molecule has 1 amide bonds. The second kappa shape index (κ2) is 5.82. The lowest BCUT2D eigenvalue weighted by atomic mass is 10.1. The Morgan fingerprint density at radius 1 is 1.50 bits per heavy atom. The van der Waals surface area contributed by atoms with Crippen molar-refractivity contribution in [2.75, 3.05) is 0 Å². The maximum absolute atomic E-state index is 11.3. The zero-order valence-corrected chi connectivity index (χ0v) is 10.6. The van der Waals surface area contributed by atoms with Gasteiger partial charge in [-0.3, -0.25) is 0 Å². The van der Waals surface area contributed by atoms with Crippen LogP contribution in [0.3, 0.4) is 0 Å². The molecule has 0 saturated heterocycles. The number of carbonyl (C=O) groups excluding carboxylic acids is 1. The highest BCUT2D eigenvalue weighted by Gasteiger charge is 2.15. The van der Waals surface area contributed by atoms with Gasteiger partial charge >= 0.3 is 6.09 Å². The van der Waals surface area contributed by atoms with Crippen molar-refractivity contribution in [2.24, 2.45) is 5.10 Å². The van der Waals surface area contributed by atoms with Crippen LogP contribution in [0.15, 0.2) is 29.4 Å². The fourth-order valence-electron chi connectivity index (χ4n) is 1.15. The van der Waals surface area contributed by atoms with Crippen LogP contribution in [-0.2, 0) is 4.74 Å². The van der Waals surface area contributed by atoms with Crippen molar-refractivity contribution in [1.29, 1.82) is 5.26 Å². The summed E-state index contributed by atoms with van der Waals surface area (Å²) in [6, 6.07) is 8.91. The van der Waals surface area contributed by atoms with E-state index in [0.29, 0.717) is 5.56 Å². The fourth-order valence-corrected chi connectivity index (χ4v) is 1.15. The Kier molecular flexibility index (Phi) is 4.44. The second-order valence-corrected chi connectivity index (χ2v) is 4.61. The average molecular weight is 245 g/mol. The van der Waals surface area contributed by atoms with Gasteiger partial charge in [-0.2, -0.15) is 10.4 Å². The molecule has 1 aromatic rings. The first kappa shape index (κ1) is 13.7. The smallest absolute Gasteiger partial charge is 0.428 e. The van der Waals surface area contributed by atoms with Crippen molar-refractivity contribution >= 4 is 12.3 Å². The van der Waals surface area contributed by atoms with Gasteiger partial charge in [0.25, 0.3) is 0 Å². The van der Waals surface area contributed by atoms with Gasteiger partial charge in [0, 0.05) is 0 Å². The molecule has 0 radical (unpaired) electrons. The predicted octanol–water partition coefficient (Wildman–Crippen LogP) is 2.42. The van der Waals surface area contributed by atoms with Crippen molar-refractivity contribution in [3.8, 4) is 6.07 Å². The summed E-state index contributed by atoms with van der Waals surface area (Å²) >= 11 is 0. The highest BCUT2D eigenvalue weighted by atomic mass is 16.6. The first-order valence-corrected chi connectivity index (χ1v) is 5.43. The van der Waals surface area contributed by atoms with E-state index in [1.54, 1.807) is 45.0 Å². The predicted molar refractivity (Wildman–Crippen MR) is 68.1 cm³/mol. The van der Waals surface area contributed by atoms with E-state index in [9.17, 15) is 4.79 Å². The molecule has 0 atom stereocenters. The molecule has 0 saturated carbocycles. The molecule has 0 unspecified atom stereocenters. The molecule has 0 aromatic heterocycles.